The molecule has 0 aromatic heterocycles. The Morgan fingerprint density at radius 3 is 2.67 bits per heavy atom. The fraction of sp³-hybridized carbons (Fsp3) is 0.900. The van der Waals surface area contributed by atoms with Gasteiger partial charge in [0.1, 0.15) is 0 Å². The van der Waals surface area contributed by atoms with Gasteiger partial charge in [-0.3, -0.25) is 9.63 Å². The Balaban J connectivity index is 0.00000112. The van der Waals surface area contributed by atoms with Gasteiger partial charge in [0.05, 0.1) is 7.11 Å². The molecule has 1 saturated carbocycles. The summed E-state index contributed by atoms with van der Waals surface area (Å²) in [6, 6.07) is 0. The lowest BCUT2D eigenvalue weighted by Crippen LogP contribution is -2.30. The van der Waals surface area contributed by atoms with Crippen LogP contribution in [0.5, 0.6) is 0 Å². The minimum absolute atomic E-state index is 0. The summed E-state index contributed by atoms with van der Waals surface area (Å²) < 4.78 is 0. The molecule has 1 amide bonds. The smallest absolute Gasteiger partial charge is 0.246 e. The number of piperidine rings is 1. The van der Waals surface area contributed by atoms with Crippen molar-refractivity contribution in [1.29, 1.82) is 0 Å². The lowest BCUT2D eigenvalue weighted by Gasteiger charge is -2.22. The topological polar surface area (TPSA) is 50.4 Å². The van der Waals surface area contributed by atoms with Crippen LogP contribution in [0.25, 0.3) is 0 Å². The third-order valence-corrected chi connectivity index (χ3v) is 3.37. The summed E-state index contributed by atoms with van der Waals surface area (Å²) in [6.45, 7) is 2.22. The van der Waals surface area contributed by atoms with Crippen LogP contribution in [0.1, 0.15) is 19.3 Å². The van der Waals surface area contributed by atoms with Gasteiger partial charge in [0, 0.05) is 5.92 Å². The normalized spacial score (nSPS) is 30.5. The van der Waals surface area contributed by atoms with Gasteiger partial charge >= 0.3 is 0 Å². The molecule has 1 aliphatic heterocycles. The first-order chi connectivity index (χ1) is 6.83. The molecule has 2 aliphatic rings. The van der Waals surface area contributed by atoms with Gasteiger partial charge in [0.25, 0.3) is 0 Å². The van der Waals surface area contributed by atoms with Crippen LogP contribution in [0.3, 0.4) is 0 Å². The van der Waals surface area contributed by atoms with E-state index in [2.05, 4.69) is 15.6 Å². The van der Waals surface area contributed by atoms with Crippen LogP contribution in [0, 0.1) is 17.8 Å². The van der Waals surface area contributed by atoms with Crippen molar-refractivity contribution in [1.82, 2.24) is 10.8 Å². The predicted molar refractivity (Wildman–Crippen MR) is 59.6 cm³/mol. The zero-order valence-electron chi connectivity index (χ0n) is 8.99. The molecule has 0 spiro atoms. The predicted octanol–water partition coefficient (Wildman–Crippen LogP) is 0.721. The second-order valence-corrected chi connectivity index (χ2v) is 4.26. The van der Waals surface area contributed by atoms with Gasteiger partial charge in [-0.05, 0) is 44.2 Å². The van der Waals surface area contributed by atoms with Crippen LogP contribution in [0.15, 0.2) is 0 Å². The summed E-state index contributed by atoms with van der Waals surface area (Å²) in [5, 5.41) is 3.34. The molecule has 0 bridgehead atoms. The molecule has 2 fully saturated rings. The zero-order chi connectivity index (χ0) is 9.97. The molecule has 1 saturated heterocycles. The van der Waals surface area contributed by atoms with E-state index in [1.54, 1.807) is 0 Å². The summed E-state index contributed by atoms with van der Waals surface area (Å²) >= 11 is 0. The number of nitrogens with one attached hydrogen (secondary N) is 2. The largest absolute Gasteiger partial charge is 0.317 e. The number of halogens is 1. The molecule has 2 atom stereocenters. The molecule has 2 unspecified atom stereocenters. The summed E-state index contributed by atoms with van der Waals surface area (Å²) in [5.74, 6) is 1.66. The van der Waals surface area contributed by atoms with E-state index in [1.807, 2.05) is 0 Å². The third kappa shape index (κ3) is 3.06. The number of amides is 1. The average Bonchev–Trinajstić information content (AvgIpc) is 2.99. The first-order valence-electron chi connectivity index (χ1n) is 5.36. The molecule has 0 radical (unpaired) electrons. The highest BCUT2D eigenvalue weighted by Crippen LogP contribution is 2.47. The Hall–Kier alpha value is -0.320. The van der Waals surface area contributed by atoms with Gasteiger partial charge in [0.15, 0.2) is 0 Å². The molecule has 1 heterocycles. The van der Waals surface area contributed by atoms with E-state index >= 15 is 0 Å². The van der Waals surface area contributed by atoms with E-state index in [9.17, 15) is 4.79 Å². The molecule has 0 aromatic carbocycles. The highest BCUT2D eigenvalue weighted by Gasteiger charge is 2.47. The summed E-state index contributed by atoms with van der Waals surface area (Å²) in [7, 11) is 1.49. The number of hydrogen-bond donors (Lipinski definition) is 2. The monoisotopic (exact) mass is 234 g/mol. The number of carbonyl (C=O) groups excluding carboxylic acids is 1. The van der Waals surface area contributed by atoms with Crippen molar-refractivity contribution in [2.75, 3.05) is 20.2 Å². The Bertz CT molecular complexity index is 219. The summed E-state index contributed by atoms with van der Waals surface area (Å²) in [5.41, 5.74) is 2.42. The van der Waals surface area contributed by atoms with Gasteiger partial charge in [-0.1, -0.05) is 0 Å². The van der Waals surface area contributed by atoms with Gasteiger partial charge in [0.2, 0.25) is 5.91 Å². The van der Waals surface area contributed by atoms with Gasteiger partial charge in [-0.15, -0.1) is 12.4 Å². The maximum Gasteiger partial charge on any atom is 0.246 e. The van der Waals surface area contributed by atoms with E-state index in [0.29, 0.717) is 5.92 Å². The highest BCUT2D eigenvalue weighted by molar-refractivity contribution is 5.85. The van der Waals surface area contributed by atoms with Crippen LogP contribution in [0.4, 0.5) is 0 Å². The van der Waals surface area contributed by atoms with E-state index in [0.717, 1.165) is 25.4 Å². The first-order valence-corrected chi connectivity index (χ1v) is 5.36. The second-order valence-electron chi connectivity index (χ2n) is 4.26. The zero-order valence-corrected chi connectivity index (χ0v) is 9.81. The number of carbonyl (C=O) groups is 1. The maximum atomic E-state index is 11.4. The summed E-state index contributed by atoms with van der Waals surface area (Å²) in [4.78, 5) is 16.0. The van der Waals surface area contributed by atoms with E-state index in [1.165, 1.54) is 20.0 Å². The molecular formula is C10H19ClN2O2. The Kier molecular flexibility index (Phi) is 4.83. The van der Waals surface area contributed by atoms with Crippen molar-refractivity contribution in [3.8, 4) is 0 Å². The minimum atomic E-state index is 0. The van der Waals surface area contributed by atoms with Crippen molar-refractivity contribution in [2.45, 2.75) is 19.3 Å². The Labute approximate surface area is 96.5 Å². The third-order valence-electron chi connectivity index (χ3n) is 3.37. The Morgan fingerprint density at radius 1 is 1.40 bits per heavy atom. The fourth-order valence-corrected chi connectivity index (χ4v) is 2.49. The fourth-order valence-electron chi connectivity index (χ4n) is 2.49. The molecule has 15 heavy (non-hydrogen) atoms. The Morgan fingerprint density at radius 2 is 2.07 bits per heavy atom. The minimum Gasteiger partial charge on any atom is -0.317 e. The molecule has 4 nitrogen and oxygen atoms in total. The standard InChI is InChI=1S/C10H18N2O2.ClH/c1-14-12-10(13)9-6-8(9)7-2-4-11-5-3-7;/h7-9,11H,2-6H2,1H3,(H,12,13);1H. The first kappa shape index (κ1) is 12.7. The quantitative estimate of drug-likeness (QED) is 0.708. The van der Waals surface area contributed by atoms with Crippen molar-refractivity contribution in [3.05, 3.63) is 0 Å². The molecule has 1 aliphatic carbocycles. The maximum absolute atomic E-state index is 11.4. The molecule has 5 heteroatoms. The summed E-state index contributed by atoms with van der Waals surface area (Å²) in [6.07, 6.45) is 3.50. The average molecular weight is 235 g/mol. The van der Waals surface area contributed by atoms with Gasteiger partial charge < -0.3 is 5.32 Å². The van der Waals surface area contributed by atoms with Crippen LogP contribution in [-0.4, -0.2) is 26.1 Å². The van der Waals surface area contributed by atoms with Crippen LogP contribution >= 0.6 is 12.4 Å². The van der Waals surface area contributed by atoms with Gasteiger partial charge in [-0.25, -0.2) is 5.48 Å². The second kappa shape index (κ2) is 5.68. The lowest BCUT2D eigenvalue weighted by atomic mass is 9.92. The van der Waals surface area contributed by atoms with Gasteiger partial charge in [-0.2, -0.15) is 0 Å². The number of rotatable bonds is 3. The molecule has 2 rings (SSSR count). The lowest BCUT2D eigenvalue weighted by molar-refractivity contribution is -0.133. The number of hydroxylamine groups is 1. The van der Waals surface area contributed by atoms with Crippen molar-refractivity contribution >= 4 is 18.3 Å². The van der Waals surface area contributed by atoms with Crippen molar-refractivity contribution in [3.63, 3.8) is 0 Å². The number of hydrogen-bond acceptors (Lipinski definition) is 3. The van der Waals surface area contributed by atoms with Crippen LogP contribution in [-0.2, 0) is 9.63 Å². The van der Waals surface area contributed by atoms with E-state index in [4.69, 9.17) is 0 Å². The van der Waals surface area contributed by atoms with E-state index in [-0.39, 0.29) is 24.2 Å². The highest BCUT2D eigenvalue weighted by atomic mass is 35.5. The SMILES string of the molecule is CONC(=O)C1CC1C1CCNCC1.Cl. The molecular weight excluding hydrogens is 216 g/mol. The van der Waals surface area contributed by atoms with Crippen LogP contribution < -0.4 is 10.8 Å². The molecule has 2 N–H and O–H groups in total. The molecule has 88 valence electrons. The van der Waals surface area contributed by atoms with E-state index < -0.39 is 0 Å². The van der Waals surface area contributed by atoms with Crippen molar-refractivity contribution < 1.29 is 9.63 Å². The molecule has 0 aromatic rings. The van der Waals surface area contributed by atoms with Crippen LogP contribution in [0.2, 0.25) is 0 Å². The van der Waals surface area contributed by atoms with Crippen molar-refractivity contribution in [2.24, 2.45) is 17.8 Å².